The molecule has 0 bridgehead atoms. The molecule has 2 aromatic rings. The Morgan fingerprint density at radius 2 is 2.39 bits per heavy atom. The summed E-state index contributed by atoms with van der Waals surface area (Å²) in [5.74, 6) is 1.63. The van der Waals surface area contributed by atoms with Crippen LogP contribution in [0.1, 0.15) is 21.8 Å². The zero-order valence-electron chi connectivity index (χ0n) is 10.3. The summed E-state index contributed by atoms with van der Waals surface area (Å²) in [4.78, 5) is 12.3. The maximum atomic E-state index is 9.39. The molecule has 4 nitrogen and oxygen atoms in total. The second-order valence-electron chi connectivity index (χ2n) is 4.46. The van der Waals surface area contributed by atoms with Crippen molar-refractivity contribution in [1.82, 2.24) is 9.97 Å². The lowest BCUT2D eigenvalue weighted by atomic mass is 10.1. The van der Waals surface area contributed by atoms with Gasteiger partial charge in [0.1, 0.15) is 11.6 Å². The molecule has 2 aromatic heterocycles. The van der Waals surface area contributed by atoms with E-state index in [2.05, 4.69) is 26.3 Å². The molecule has 1 aliphatic heterocycles. The zero-order valence-corrected chi connectivity index (χ0v) is 11.1. The van der Waals surface area contributed by atoms with Crippen molar-refractivity contribution in [2.75, 3.05) is 11.4 Å². The first-order valence-corrected chi connectivity index (χ1v) is 6.89. The number of hydrogen-bond acceptors (Lipinski definition) is 5. The van der Waals surface area contributed by atoms with Gasteiger partial charge in [-0.05, 0) is 30.4 Å². The smallest absolute Gasteiger partial charge is 0.138 e. The molecule has 0 amide bonds. The number of aromatic nitrogens is 2. The number of fused-ring (bicyclic) bond motifs is 1. The summed E-state index contributed by atoms with van der Waals surface area (Å²) in [5.41, 5.74) is 2.19. The number of aryl methyl sites for hydroxylation is 1. The van der Waals surface area contributed by atoms with E-state index < -0.39 is 0 Å². The molecule has 0 aliphatic carbocycles. The fourth-order valence-corrected chi connectivity index (χ4v) is 3.19. The van der Waals surface area contributed by atoms with Gasteiger partial charge in [0.2, 0.25) is 0 Å². The quantitative estimate of drug-likeness (QED) is 0.897. The van der Waals surface area contributed by atoms with Gasteiger partial charge in [-0.3, -0.25) is 0 Å². The lowest BCUT2D eigenvalue weighted by Crippen LogP contribution is -2.31. The fraction of sp³-hybridized carbons (Fsp3) is 0.385. The lowest BCUT2D eigenvalue weighted by Gasteiger charge is -2.29. The predicted molar refractivity (Wildman–Crippen MR) is 71.8 cm³/mol. The normalized spacial score (nSPS) is 14.7. The van der Waals surface area contributed by atoms with Crippen LogP contribution in [-0.4, -0.2) is 21.6 Å². The molecule has 0 unspecified atom stereocenters. The van der Waals surface area contributed by atoms with E-state index in [4.69, 9.17) is 0 Å². The highest BCUT2D eigenvalue weighted by molar-refractivity contribution is 7.10. The van der Waals surface area contributed by atoms with E-state index in [9.17, 15) is 5.11 Å². The number of nitrogens with zero attached hydrogens (tertiary/aromatic N) is 3. The Morgan fingerprint density at radius 3 is 3.22 bits per heavy atom. The lowest BCUT2D eigenvalue weighted by molar-refractivity contribution is 0.281. The third-order valence-electron chi connectivity index (χ3n) is 3.24. The molecule has 0 spiro atoms. The van der Waals surface area contributed by atoms with Crippen LogP contribution in [0.5, 0.6) is 0 Å². The Labute approximate surface area is 110 Å². The van der Waals surface area contributed by atoms with Crippen molar-refractivity contribution >= 4 is 17.2 Å². The molecule has 1 N–H and O–H groups in total. The SMILES string of the molecule is Cc1ncc(CO)c(N2CCc3sccc3C2)n1. The van der Waals surface area contributed by atoms with E-state index in [0.29, 0.717) is 0 Å². The maximum absolute atomic E-state index is 9.39. The molecule has 5 heteroatoms. The van der Waals surface area contributed by atoms with Crippen LogP contribution in [0.25, 0.3) is 0 Å². The number of hydrogen-bond donors (Lipinski definition) is 1. The molecule has 94 valence electrons. The Hall–Kier alpha value is -1.46. The van der Waals surface area contributed by atoms with Gasteiger partial charge in [-0.25, -0.2) is 9.97 Å². The van der Waals surface area contributed by atoms with Gasteiger partial charge >= 0.3 is 0 Å². The van der Waals surface area contributed by atoms with Gasteiger partial charge in [0.15, 0.2) is 0 Å². The van der Waals surface area contributed by atoms with Crippen molar-refractivity contribution in [1.29, 1.82) is 0 Å². The molecular formula is C13H15N3OS. The van der Waals surface area contributed by atoms with E-state index >= 15 is 0 Å². The Balaban J connectivity index is 1.94. The number of aliphatic hydroxyl groups is 1. The number of rotatable bonds is 2. The van der Waals surface area contributed by atoms with Crippen LogP contribution in [0, 0.1) is 6.92 Å². The van der Waals surface area contributed by atoms with Crippen LogP contribution in [0.3, 0.4) is 0 Å². The highest BCUT2D eigenvalue weighted by Gasteiger charge is 2.20. The average molecular weight is 261 g/mol. The van der Waals surface area contributed by atoms with Crippen LogP contribution >= 0.6 is 11.3 Å². The average Bonchev–Trinajstić information content (AvgIpc) is 2.85. The summed E-state index contributed by atoms with van der Waals surface area (Å²) in [6.45, 7) is 3.70. The largest absolute Gasteiger partial charge is 0.391 e. The minimum atomic E-state index is -0.0113. The monoisotopic (exact) mass is 261 g/mol. The highest BCUT2D eigenvalue weighted by atomic mass is 32.1. The molecule has 1 aliphatic rings. The first-order valence-electron chi connectivity index (χ1n) is 6.01. The van der Waals surface area contributed by atoms with Gasteiger partial charge in [0.05, 0.1) is 6.61 Å². The summed E-state index contributed by atoms with van der Waals surface area (Å²) in [7, 11) is 0. The van der Waals surface area contributed by atoms with E-state index in [1.165, 1.54) is 10.4 Å². The maximum Gasteiger partial charge on any atom is 0.138 e. The molecule has 0 saturated heterocycles. The second kappa shape index (κ2) is 4.66. The Bertz CT molecular complexity index is 567. The van der Waals surface area contributed by atoms with Gasteiger partial charge in [0, 0.05) is 29.7 Å². The van der Waals surface area contributed by atoms with E-state index in [-0.39, 0.29) is 6.61 Å². The molecular weight excluding hydrogens is 246 g/mol. The molecule has 3 rings (SSSR count). The van der Waals surface area contributed by atoms with Crippen molar-refractivity contribution in [2.45, 2.75) is 26.5 Å². The van der Waals surface area contributed by atoms with Crippen molar-refractivity contribution < 1.29 is 5.11 Å². The van der Waals surface area contributed by atoms with Gasteiger partial charge in [-0.2, -0.15) is 0 Å². The van der Waals surface area contributed by atoms with Crippen LogP contribution in [0.2, 0.25) is 0 Å². The second-order valence-corrected chi connectivity index (χ2v) is 5.47. The third-order valence-corrected chi connectivity index (χ3v) is 4.26. The van der Waals surface area contributed by atoms with Crippen molar-refractivity contribution in [2.24, 2.45) is 0 Å². The first-order chi connectivity index (χ1) is 8.78. The van der Waals surface area contributed by atoms with Crippen LogP contribution in [-0.2, 0) is 19.6 Å². The molecule has 3 heterocycles. The van der Waals surface area contributed by atoms with Gasteiger partial charge in [0.25, 0.3) is 0 Å². The molecule has 18 heavy (non-hydrogen) atoms. The standard InChI is InChI=1S/C13H15N3OS/c1-9-14-6-11(8-17)13(15-9)16-4-2-12-10(7-16)3-5-18-12/h3,5-6,17H,2,4,7-8H2,1H3. The Morgan fingerprint density at radius 1 is 1.50 bits per heavy atom. The first kappa shape index (κ1) is 11.6. The fourth-order valence-electron chi connectivity index (χ4n) is 2.30. The predicted octanol–water partition coefficient (Wildman–Crippen LogP) is 1.90. The van der Waals surface area contributed by atoms with Gasteiger partial charge in [-0.1, -0.05) is 0 Å². The minimum absolute atomic E-state index is 0.0113. The number of anilines is 1. The minimum Gasteiger partial charge on any atom is -0.391 e. The van der Waals surface area contributed by atoms with Gasteiger partial charge in [-0.15, -0.1) is 11.3 Å². The van der Waals surface area contributed by atoms with Crippen LogP contribution < -0.4 is 4.90 Å². The van der Waals surface area contributed by atoms with E-state index in [1.54, 1.807) is 6.20 Å². The Kier molecular flexibility index (Phi) is 3.01. The number of aliphatic hydroxyl groups excluding tert-OH is 1. The van der Waals surface area contributed by atoms with Gasteiger partial charge < -0.3 is 10.0 Å². The van der Waals surface area contributed by atoms with Crippen molar-refractivity contribution in [3.8, 4) is 0 Å². The number of thiophene rings is 1. The topological polar surface area (TPSA) is 49.3 Å². The summed E-state index contributed by atoms with van der Waals surface area (Å²) in [6.07, 6.45) is 2.78. The highest BCUT2D eigenvalue weighted by Crippen LogP contribution is 2.28. The summed E-state index contributed by atoms with van der Waals surface area (Å²) >= 11 is 1.83. The zero-order chi connectivity index (χ0) is 12.5. The summed E-state index contributed by atoms with van der Waals surface area (Å²) < 4.78 is 0. The van der Waals surface area contributed by atoms with Crippen LogP contribution in [0.4, 0.5) is 5.82 Å². The van der Waals surface area contributed by atoms with E-state index in [0.717, 1.165) is 36.7 Å². The third kappa shape index (κ3) is 2.00. The molecule has 0 atom stereocenters. The van der Waals surface area contributed by atoms with Crippen molar-refractivity contribution in [3.05, 3.63) is 39.5 Å². The summed E-state index contributed by atoms with van der Waals surface area (Å²) in [6, 6.07) is 2.18. The van der Waals surface area contributed by atoms with Crippen LogP contribution in [0.15, 0.2) is 17.6 Å². The molecule has 0 radical (unpaired) electrons. The molecule has 0 aromatic carbocycles. The van der Waals surface area contributed by atoms with E-state index in [1.807, 2.05) is 18.3 Å². The molecule has 0 saturated carbocycles. The summed E-state index contributed by atoms with van der Waals surface area (Å²) in [5, 5.41) is 11.5. The molecule has 0 fully saturated rings. The van der Waals surface area contributed by atoms with Crippen molar-refractivity contribution in [3.63, 3.8) is 0 Å².